The molecule has 0 aliphatic heterocycles. The van der Waals surface area contributed by atoms with E-state index in [0.717, 1.165) is 15.4 Å². The Kier molecular flexibility index (Phi) is 6.43. The van der Waals surface area contributed by atoms with Crippen LogP contribution in [0.5, 0.6) is 0 Å². The summed E-state index contributed by atoms with van der Waals surface area (Å²) in [6.45, 7) is 0.359. The molecule has 0 spiro atoms. The number of nitriles is 1. The van der Waals surface area contributed by atoms with Crippen LogP contribution in [0.25, 0.3) is 17.0 Å². The van der Waals surface area contributed by atoms with Crippen LogP contribution in [-0.4, -0.2) is 23.6 Å². The molecule has 2 aromatic heterocycles. The summed E-state index contributed by atoms with van der Waals surface area (Å²) in [6.07, 6.45) is 3.41. The van der Waals surface area contributed by atoms with Crippen LogP contribution in [0.4, 0.5) is 5.69 Å². The quantitative estimate of drug-likeness (QED) is 0.216. The fourth-order valence-electron chi connectivity index (χ4n) is 3.43. The van der Waals surface area contributed by atoms with Gasteiger partial charge in [0.2, 0.25) is 5.76 Å². The van der Waals surface area contributed by atoms with Crippen LogP contribution < -0.4 is 5.32 Å². The first kappa shape index (κ1) is 22.1. The van der Waals surface area contributed by atoms with Gasteiger partial charge in [0.25, 0.3) is 5.91 Å². The summed E-state index contributed by atoms with van der Waals surface area (Å²) in [6, 6.07) is 20.0. The zero-order valence-corrected chi connectivity index (χ0v) is 19.1. The number of amides is 1. The molecule has 0 aliphatic carbocycles. The number of carbonyl (C=O) groups is 2. The highest BCUT2D eigenvalue weighted by Crippen LogP contribution is 2.25. The summed E-state index contributed by atoms with van der Waals surface area (Å²) in [5.74, 6) is -0.349. The predicted molar refractivity (Wildman–Crippen MR) is 127 cm³/mol. The van der Waals surface area contributed by atoms with Gasteiger partial charge in [-0.05, 0) is 42.5 Å². The number of nitrogens with zero attached hydrogens (tertiary/aromatic N) is 2. The van der Waals surface area contributed by atoms with Crippen molar-refractivity contribution in [2.24, 2.45) is 0 Å². The number of para-hydroxylation sites is 1. The molecular weight excluding hydrogens is 486 g/mol. The first-order valence-electron chi connectivity index (χ1n) is 9.92. The number of benzene rings is 2. The second-order valence-corrected chi connectivity index (χ2v) is 8.04. The lowest BCUT2D eigenvalue weighted by atomic mass is 10.1. The molecule has 0 radical (unpaired) electrons. The number of fused-ring (bicyclic) bond motifs is 1. The van der Waals surface area contributed by atoms with E-state index in [0.29, 0.717) is 23.6 Å². The molecule has 2 aromatic carbocycles. The second-order valence-electron chi connectivity index (χ2n) is 7.12. The zero-order chi connectivity index (χ0) is 23.4. The molecule has 0 aliphatic rings. The Hall–Kier alpha value is -4.09. The first-order chi connectivity index (χ1) is 16.0. The average molecular weight is 504 g/mol. The van der Waals surface area contributed by atoms with Crippen LogP contribution in [0.1, 0.15) is 21.9 Å². The third-order valence-electron chi connectivity index (χ3n) is 4.94. The lowest BCUT2D eigenvalue weighted by Gasteiger charge is -2.04. The van der Waals surface area contributed by atoms with E-state index >= 15 is 0 Å². The van der Waals surface area contributed by atoms with Gasteiger partial charge in [-0.2, -0.15) is 5.26 Å². The molecule has 0 atom stereocenters. The van der Waals surface area contributed by atoms with Gasteiger partial charge in [0.1, 0.15) is 17.4 Å². The molecule has 7 nitrogen and oxygen atoms in total. The van der Waals surface area contributed by atoms with Crippen molar-refractivity contribution in [2.45, 2.75) is 6.54 Å². The van der Waals surface area contributed by atoms with Crippen molar-refractivity contribution in [3.8, 4) is 6.07 Å². The van der Waals surface area contributed by atoms with Crippen molar-refractivity contribution in [1.82, 2.24) is 4.57 Å². The Morgan fingerprint density at radius 2 is 2.00 bits per heavy atom. The maximum Gasteiger partial charge on any atom is 0.373 e. The Balaban J connectivity index is 1.65. The lowest BCUT2D eigenvalue weighted by Crippen LogP contribution is -2.13. The number of aromatic nitrogens is 1. The fourth-order valence-corrected chi connectivity index (χ4v) is 3.83. The van der Waals surface area contributed by atoms with Gasteiger partial charge in [-0.15, -0.1) is 0 Å². The number of furan rings is 1. The minimum absolute atomic E-state index is 0.0242. The number of ether oxygens (including phenoxy) is 1. The summed E-state index contributed by atoms with van der Waals surface area (Å²) in [5.41, 5.74) is 2.16. The normalized spacial score (nSPS) is 11.2. The number of methoxy groups -OCH3 is 1. The summed E-state index contributed by atoms with van der Waals surface area (Å²) >= 11 is 3.36. The summed E-state index contributed by atoms with van der Waals surface area (Å²) in [7, 11) is 1.29. The number of anilines is 1. The van der Waals surface area contributed by atoms with E-state index in [1.54, 1.807) is 36.4 Å². The highest BCUT2D eigenvalue weighted by molar-refractivity contribution is 9.10. The van der Waals surface area contributed by atoms with E-state index in [2.05, 4.69) is 26.0 Å². The minimum atomic E-state index is -0.544. The Bertz CT molecular complexity index is 1420. The first-order valence-corrected chi connectivity index (χ1v) is 10.7. The Morgan fingerprint density at radius 3 is 2.76 bits per heavy atom. The predicted octanol–water partition coefficient (Wildman–Crippen LogP) is 5.38. The van der Waals surface area contributed by atoms with Gasteiger partial charge >= 0.3 is 5.97 Å². The van der Waals surface area contributed by atoms with Gasteiger partial charge in [0, 0.05) is 32.8 Å². The van der Waals surface area contributed by atoms with E-state index in [4.69, 9.17) is 4.42 Å². The van der Waals surface area contributed by atoms with Crippen LogP contribution in [0, 0.1) is 11.3 Å². The molecule has 4 rings (SSSR count). The largest absolute Gasteiger partial charge is 0.463 e. The maximum absolute atomic E-state index is 12.7. The molecule has 0 saturated heterocycles. The highest BCUT2D eigenvalue weighted by atomic mass is 79.9. The molecule has 0 saturated carbocycles. The van der Waals surface area contributed by atoms with Gasteiger partial charge in [-0.1, -0.05) is 40.2 Å². The van der Waals surface area contributed by atoms with E-state index < -0.39 is 11.9 Å². The van der Waals surface area contributed by atoms with E-state index in [1.807, 2.05) is 47.2 Å². The van der Waals surface area contributed by atoms with Crippen LogP contribution >= 0.6 is 15.9 Å². The van der Waals surface area contributed by atoms with Crippen molar-refractivity contribution in [2.75, 3.05) is 12.4 Å². The van der Waals surface area contributed by atoms with Crippen molar-refractivity contribution in [1.29, 1.82) is 5.26 Å². The van der Waals surface area contributed by atoms with Crippen molar-refractivity contribution in [3.63, 3.8) is 0 Å². The molecular formula is C25H18BrN3O4. The van der Waals surface area contributed by atoms with E-state index in [-0.39, 0.29) is 11.3 Å². The van der Waals surface area contributed by atoms with Crippen molar-refractivity contribution in [3.05, 3.63) is 94.0 Å². The molecule has 0 unspecified atom stereocenters. The van der Waals surface area contributed by atoms with Gasteiger partial charge in [0.15, 0.2) is 0 Å². The SMILES string of the molecule is COC(=O)c1ccc(Cn2cc(/C=C(/C#N)C(=O)Nc3cccc(Br)c3)c3ccccc32)o1. The minimum Gasteiger partial charge on any atom is -0.463 e. The van der Waals surface area contributed by atoms with Crippen LogP contribution in [0.2, 0.25) is 0 Å². The molecule has 164 valence electrons. The number of halogens is 1. The van der Waals surface area contributed by atoms with Crippen LogP contribution in [0.3, 0.4) is 0 Å². The molecule has 1 N–H and O–H groups in total. The molecule has 33 heavy (non-hydrogen) atoms. The smallest absolute Gasteiger partial charge is 0.373 e. The summed E-state index contributed by atoms with van der Waals surface area (Å²) in [5, 5.41) is 13.2. The van der Waals surface area contributed by atoms with Gasteiger partial charge in [-0.25, -0.2) is 4.79 Å². The van der Waals surface area contributed by atoms with E-state index in [9.17, 15) is 14.9 Å². The number of rotatable bonds is 6. The number of hydrogen-bond donors (Lipinski definition) is 1. The van der Waals surface area contributed by atoms with Gasteiger partial charge in [-0.3, -0.25) is 4.79 Å². The molecule has 0 fully saturated rings. The zero-order valence-electron chi connectivity index (χ0n) is 17.5. The highest BCUT2D eigenvalue weighted by Gasteiger charge is 2.15. The Morgan fingerprint density at radius 1 is 1.18 bits per heavy atom. The maximum atomic E-state index is 12.7. The number of nitrogens with one attached hydrogen (secondary N) is 1. The Labute approximate surface area is 198 Å². The third kappa shape index (κ3) is 4.89. The average Bonchev–Trinajstić information content (AvgIpc) is 3.42. The standard InChI is InChI=1S/C25H18BrN3O4/c1-32-25(31)23-10-9-20(33-23)15-29-14-17(21-7-2-3-8-22(21)29)11-16(13-27)24(30)28-19-6-4-5-18(26)12-19/h2-12,14H,15H2,1H3,(H,28,30)/b16-11-. The van der Waals surface area contributed by atoms with Crippen molar-refractivity contribution >= 4 is 50.5 Å². The number of carbonyl (C=O) groups excluding carboxylic acids is 2. The number of esters is 1. The lowest BCUT2D eigenvalue weighted by molar-refractivity contribution is -0.112. The summed E-state index contributed by atoms with van der Waals surface area (Å²) < 4.78 is 13.0. The van der Waals surface area contributed by atoms with Gasteiger partial charge in [0.05, 0.1) is 13.7 Å². The molecule has 1 amide bonds. The molecule has 8 heteroatoms. The summed E-state index contributed by atoms with van der Waals surface area (Å²) in [4.78, 5) is 24.4. The van der Waals surface area contributed by atoms with Crippen LogP contribution in [-0.2, 0) is 16.1 Å². The fraction of sp³-hybridized carbons (Fsp3) is 0.0800. The second kappa shape index (κ2) is 9.59. The molecule has 0 bridgehead atoms. The third-order valence-corrected chi connectivity index (χ3v) is 5.43. The van der Waals surface area contributed by atoms with E-state index in [1.165, 1.54) is 7.11 Å². The molecule has 2 heterocycles. The monoisotopic (exact) mass is 503 g/mol. The molecule has 4 aromatic rings. The van der Waals surface area contributed by atoms with Crippen LogP contribution in [0.15, 0.2) is 81.3 Å². The topological polar surface area (TPSA) is 97.3 Å². The number of hydrogen-bond acceptors (Lipinski definition) is 5. The van der Waals surface area contributed by atoms with Crippen molar-refractivity contribution < 1.29 is 18.7 Å². The van der Waals surface area contributed by atoms with Gasteiger partial charge < -0.3 is 19.0 Å².